The summed E-state index contributed by atoms with van der Waals surface area (Å²) in [6.45, 7) is 2.10. The van der Waals surface area contributed by atoms with Crippen LogP contribution in [-0.4, -0.2) is 20.7 Å². The van der Waals surface area contributed by atoms with E-state index in [0.29, 0.717) is 11.3 Å². The zero-order valence-electron chi connectivity index (χ0n) is 13.3. The molecule has 1 heterocycles. The van der Waals surface area contributed by atoms with Crippen molar-refractivity contribution in [2.75, 3.05) is 5.73 Å². The summed E-state index contributed by atoms with van der Waals surface area (Å²) >= 11 is 0. The standard InChI is InChI=1S/C18H18N4O2/c1-2-3-12-4-9-15(17(23)22-18(24)20-11-21-22)16(10-12)13-5-7-14(19)8-6-13/h4-11H,2-3,19H2,1H3,(H,20,21,24). The molecule has 0 spiro atoms. The van der Waals surface area contributed by atoms with Crippen molar-refractivity contribution < 1.29 is 4.79 Å². The average molecular weight is 322 g/mol. The number of aromatic amines is 1. The molecule has 0 aliphatic carbocycles. The van der Waals surface area contributed by atoms with Gasteiger partial charge in [-0.25, -0.2) is 4.79 Å². The van der Waals surface area contributed by atoms with Crippen LogP contribution in [0.3, 0.4) is 0 Å². The first-order valence-electron chi connectivity index (χ1n) is 7.76. The highest BCUT2D eigenvalue weighted by molar-refractivity contribution is 6.01. The lowest BCUT2D eigenvalue weighted by Crippen LogP contribution is -2.26. The van der Waals surface area contributed by atoms with Crippen LogP contribution in [0.25, 0.3) is 11.1 Å². The number of nitrogens with two attached hydrogens (primary N) is 1. The van der Waals surface area contributed by atoms with Gasteiger partial charge in [-0.2, -0.15) is 5.10 Å². The maximum absolute atomic E-state index is 12.7. The molecule has 6 heteroatoms. The molecule has 122 valence electrons. The van der Waals surface area contributed by atoms with E-state index >= 15 is 0 Å². The Labute approximate surface area is 138 Å². The molecular weight excluding hydrogens is 304 g/mol. The van der Waals surface area contributed by atoms with Gasteiger partial charge < -0.3 is 5.73 Å². The van der Waals surface area contributed by atoms with Crippen molar-refractivity contribution in [1.29, 1.82) is 0 Å². The Morgan fingerprint density at radius 3 is 2.58 bits per heavy atom. The number of anilines is 1. The lowest BCUT2D eigenvalue weighted by atomic mass is 9.95. The molecule has 0 unspecified atom stereocenters. The number of nitrogen functional groups attached to an aromatic ring is 1. The van der Waals surface area contributed by atoms with Crippen LogP contribution in [0.4, 0.5) is 5.69 Å². The van der Waals surface area contributed by atoms with Gasteiger partial charge in [0.05, 0.1) is 0 Å². The number of aromatic nitrogens is 3. The number of aryl methyl sites for hydroxylation is 1. The first kappa shape index (κ1) is 15.7. The second-order valence-electron chi connectivity index (χ2n) is 5.56. The van der Waals surface area contributed by atoms with Gasteiger partial charge in [-0.1, -0.05) is 37.6 Å². The Kier molecular flexibility index (Phi) is 4.29. The Bertz CT molecular complexity index is 923. The third kappa shape index (κ3) is 2.99. The Morgan fingerprint density at radius 1 is 1.21 bits per heavy atom. The minimum atomic E-state index is -0.555. The molecule has 0 bridgehead atoms. The van der Waals surface area contributed by atoms with E-state index < -0.39 is 11.6 Å². The van der Waals surface area contributed by atoms with Crippen molar-refractivity contribution in [2.45, 2.75) is 19.8 Å². The molecule has 0 atom stereocenters. The van der Waals surface area contributed by atoms with Crippen molar-refractivity contribution in [3.63, 3.8) is 0 Å². The van der Waals surface area contributed by atoms with Crippen LogP contribution in [0.1, 0.15) is 29.3 Å². The highest BCUT2D eigenvalue weighted by atomic mass is 16.2. The van der Waals surface area contributed by atoms with E-state index in [2.05, 4.69) is 17.0 Å². The van der Waals surface area contributed by atoms with E-state index in [9.17, 15) is 9.59 Å². The van der Waals surface area contributed by atoms with Crippen molar-refractivity contribution in [1.82, 2.24) is 14.8 Å². The van der Waals surface area contributed by atoms with Crippen LogP contribution in [0.5, 0.6) is 0 Å². The number of nitrogens with one attached hydrogen (secondary N) is 1. The largest absolute Gasteiger partial charge is 0.399 e. The highest BCUT2D eigenvalue weighted by Crippen LogP contribution is 2.27. The smallest absolute Gasteiger partial charge is 0.350 e. The Hall–Kier alpha value is -3.15. The molecule has 1 aromatic heterocycles. The fraction of sp³-hybridized carbons (Fsp3) is 0.167. The normalized spacial score (nSPS) is 10.7. The molecule has 0 saturated heterocycles. The van der Waals surface area contributed by atoms with Gasteiger partial charge in [-0.3, -0.25) is 9.78 Å². The van der Waals surface area contributed by atoms with Crippen LogP contribution in [-0.2, 0) is 6.42 Å². The minimum Gasteiger partial charge on any atom is -0.399 e. The van der Waals surface area contributed by atoms with Gasteiger partial charge in [-0.15, -0.1) is 4.68 Å². The second kappa shape index (κ2) is 6.54. The molecule has 24 heavy (non-hydrogen) atoms. The minimum absolute atomic E-state index is 0.425. The zero-order valence-corrected chi connectivity index (χ0v) is 13.3. The molecule has 0 fully saturated rings. The summed E-state index contributed by atoms with van der Waals surface area (Å²) in [4.78, 5) is 26.8. The topological polar surface area (TPSA) is 93.8 Å². The van der Waals surface area contributed by atoms with Crippen LogP contribution in [0, 0.1) is 0 Å². The number of nitrogens with zero attached hydrogens (tertiary/aromatic N) is 2. The van der Waals surface area contributed by atoms with Gasteiger partial charge in [0, 0.05) is 11.3 Å². The zero-order chi connectivity index (χ0) is 17.1. The van der Waals surface area contributed by atoms with E-state index in [1.807, 2.05) is 24.3 Å². The predicted molar refractivity (Wildman–Crippen MR) is 92.9 cm³/mol. The molecular formula is C18H18N4O2. The van der Waals surface area contributed by atoms with Crippen molar-refractivity contribution in [3.8, 4) is 11.1 Å². The Morgan fingerprint density at radius 2 is 1.96 bits per heavy atom. The van der Waals surface area contributed by atoms with E-state index in [0.717, 1.165) is 34.2 Å². The highest BCUT2D eigenvalue weighted by Gasteiger charge is 2.18. The molecule has 2 aromatic carbocycles. The summed E-state index contributed by atoms with van der Waals surface area (Å²) in [6, 6.07) is 13.0. The number of H-pyrrole nitrogens is 1. The summed E-state index contributed by atoms with van der Waals surface area (Å²) in [6.07, 6.45) is 3.13. The van der Waals surface area contributed by atoms with Crippen molar-refractivity contribution in [2.24, 2.45) is 0 Å². The van der Waals surface area contributed by atoms with Crippen molar-refractivity contribution >= 4 is 11.6 Å². The third-order valence-corrected chi connectivity index (χ3v) is 3.82. The van der Waals surface area contributed by atoms with Gasteiger partial charge >= 0.3 is 5.69 Å². The summed E-state index contributed by atoms with van der Waals surface area (Å²) in [7, 11) is 0. The van der Waals surface area contributed by atoms with Gasteiger partial charge in [0.25, 0.3) is 5.91 Å². The molecule has 0 saturated carbocycles. The third-order valence-electron chi connectivity index (χ3n) is 3.82. The van der Waals surface area contributed by atoms with Crippen LogP contribution < -0.4 is 11.4 Å². The fourth-order valence-electron chi connectivity index (χ4n) is 2.64. The van der Waals surface area contributed by atoms with Gasteiger partial charge in [0.1, 0.15) is 6.33 Å². The molecule has 0 amide bonds. The summed E-state index contributed by atoms with van der Waals surface area (Å²) in [5, 5.41) is 3.78. The Balaban J connectivity index is 2.14. The average Bonchev–Trinajstić information content (AvgIpc) is 3.01. The molecule has 3 N–H and O–H groups in total. The molecule has 3 aromatic rings. The van der Waals surface area contributed by atoms with E-state index in [1.165, 1.54) is 6.33 Å². The first-order valence-corrected chi connectivity index (χ1v) is 7.76. The number of carbonyl (C=O) groups excluding carboxylic acids is 1. The molecule has 0 radical (unpaired) electrons. The number of benzene rings is 2. The van der Waals surface area contributed by atoms with Gasteiger partial charge in [-0.05, 0) is 41.3 Å². The van der Waals surface area contributed by atoms with E-state index in [-0.39, 0.29) is 0 Å². The number of rotatable bonds is 4. The van der Waals surface area contributed by atoms with Gasteiger partial charge in [0.2, 0.25) is 0 Å². The second-order valence-corrected chi connectivity index (χ2v) is 5.56. The summed E-state index contributed by atoms with van der Waals surface area (Å²) in [5.41, 5.74) is 9.04. The number of hydrogen-bond acceptors (Lipinski definition) is 4. The van der Waals surface area contributed by atoms with Crippen LogP contribution >= 0.6 is 0 Å². The summed E-state index contributed by atoms with van der Waals surface area (Å²) in [5.74, 6) is -0.462. The maximum Gasteiger partial charge on any atom is 0.350 e. The van der Waals surface area contributed by atoms with Gasteiger partial charge in [0.15, 0.2) is 0 Å². The molecule has 3 rings (SSSR count). The quantitative estimate of drug-likeness (QED) is 0.721. The molecule has 0 aliphatic heterocycles. The number of carbonyl (C=O) groups is 1. The van der Waals surface area contributed by atoms with E-state index in [4.69, 9.17) is 5.73 Å². The first-order chi connectivity index (χ1) is 11.6. The summed E-state index contributed by atoms with van der Waals surface area (Å²) < 4.78 is 0.829. The lowest BCUT2D eigenvalue weighted by molar-refractivity contribution is 0.0941. The lowest BCUT2D eigenvalue weighted by Gasteiger charge is -2.11. The predicted octanol–water partition coefficient (Wildman–Crippen LogP) is 2.46. The SMILES string of the molecule is CCCc1ccc(C(=O)n2nc[nH]c2=O)c(-c2ccc(N)cc2)c1. The molecule has 6 nitrogen and oxygen atoms in total. The van der Waals surface area contributed by atoms with Crippen LogP contribution in [0.15, 0.2) is 53.6 Å². The monoisotopic (exact) mass is 322 g/mol. The fourth-order valence-corrected chi connectivity index (χ4v) is 2.64. The maximum atomic E-state index is 12.7. The van der Waals surface area contributed by atoms with E-state index in [1.54, 1.807) is 18.2 Å². The number of hydrogen-bond donors (Lipinski definition) is 2. The van der Waals surface area contributed by atoms with Crippen LogP contribution in [0.2, 0.25) is 0 Å². The van der Waals surface area contributed by atoms with Crippen molar-refractivity contribution in [3.05, 3.63) is 70.4 Å². The molecule has 0 aliphatic rings.